The van der Waals surface area contributed by atoms with Gasteiger partial charge in [0.05, 0.1) is 28.6 Å². The summed E-state index contributed by atoms with van der Waals surface area (Å²) in [6.45, 7) is 0.613. The van der Waals surface area contributed by atoms with Gasteiger partial charge in [-0.25, -0.2) is 3.21 Å². The van der Waals surface area contributed by atoms with E-state index in [-0.39, 0.29) is 0 Å². The molecule has 1 heterocycles. The van der Waals surface area contributed by atoms with Crippen molar-refractivity contribution < 1.29 is 4.74 Å². The second kappa shape index (κ2) is 2.81. The van der Waals surface area contributed by atoms with Crippen LogP contribution in [0.4, 0.5) is 0 Å². The summed E-state index contributed by atoms with van der Waals surface area (Å²) in [7, 11) is 0. The number of halogens is 1. The van der Waals surface area contributed by atoms with Gasteiger partial charge in [0.15, 0.2) is 0 Å². The molecule has 1 aromatic rings. The number of fused-ring (bicyclic) bond motifs is 1. The van der Waals surface area contributed by atoms with Gasteiger partial charge in [0.1, 0.15) is 12.4 Å². The summed E-state index contributed by atoms with van der Waals surface area (Å²) < 4.78 is 9.46. The first kappa shape index (κ1) is 7.09. The molecule has 0 amide bonds. The van der Waals surface area contributed by atoms with Gasteiger partial charge in [-0.15, -0.1) is 0 Å². The summed E-state index contributed by atoms with van der Waals surface area (Å²) in [6, 6.07) is 7.95. The molecule has 1 aliphatic heterocycles. The van der Waals surface area contributed by atoms with E-state index in [4.69, 9.17) is 4.74 Å². The number of para-hydroxylation sites is 1. The first-order valence-corrected chi connectivity index (χ1v) is 4.28. The quantitative estimate of drug-likeness (QED) is 0.654. The van der Waals surface area contributed by atoms with E-state index >= 15 is 0 Å². The highest BCUT2D eigenvalue weighted by Gasteiger charge is 2.17. The van der Waals surface area contributed by atoms with Gasteiger partial charge in [-0.3, -0.25) is 0 Å². The van der Waals surface area contributed by atoms with Gasteiger partial charge in [-0.05, 0) is 12.1 Å². The topological polar surface area (TPSA) is 21.6 Å². The minimum absolute atomic E-state index is 0.613. The Hall–Kier alpha value is -0.580. The van der Waals surface area contributed by atoms with Gasteiger partial charge in [-0.1, -0.05) is 12.1 Å². The molecule has 0 aliphatic carbocycles. The van der Waals surface area contributed by atoms with E-state index in [0.29, 0.717) is 6.61 Å². The van der Waals surface area contributed by atoms with E-state index in [2.05, 4.69) is 3.21 Å². The lowest BCUT2D eigenvalue weighted by atomic mass is 10.1. The summed E-state index contributed by atoms with van der Waals surface area (Å²) in [5.41, 5.74) is 2.16. The SMILES string of the molecule is IN=C1COc2ccccc21. The summed E-state index contributed by atoms with van der Waals surface area (Å²) in [5, 5.41) is 0. The minimum Gasteiger partial charge on any atom is -0.487 e. The third kappa shape index (κ3) is 1.13. The Bertz CT molecular complexity index is 309. The average molecular weight is 259 g/mol. The molecular weight excluding hydrogens is 253 g/mol. The minimum atomic E-state index is 0.613. The number of hydrogen-bond acceptors (Lipinski definition) is 2. The zero-order valence-corrected chi connectivity index (χ0v) is 7.91. The standard InChI is InChI=1S/C8H6INO/c9-10-7-5-11-8-4-2-1-3-6(7)8/h1-4H,5H2. The van der Waals surface area contributed by atoms with E-state index in [9.17, 15) is 0 Å². The Balaban J connectivity index is 2.55. The molecule has 0 atom stereocenters. The third-order valence-corrected chi connectivity index (χ3v) is 2.25. The molecular formula is C8H6INO. The summed E-state index contributed by atoms with van der Waals surface area (Å²) in [4.78, 5) is 0. The van der Waals surface area contributed by atoms with Gasteiger partial charge < -0.3 is 4.74 Å². The van der Waals surface area contributed by atoms with Crippen LogP contribution in [0.2, 0.25) is 0 Å². The van der Waals surface area contributed by atoms with Crippen LogP contribution in [0.3, 0.4) is 0 Å². The fourth-order valence-corrected chi connectivity index (χ4v) is 1.52. The van der Waals surface area contributed by atoms with E-state index in [1.165, 1.54) is 0 Å². The number of ether oxygens (including phenoxy) is 1. The maximum absolute atomic E-state index is 5.37. The van der Waals surface area contributed by atoms with Crippen molar-refractivity contribution in [1.82, 2.24) is 0 Å². The lowest BCUT2D eigenvalue weighted by Crippen LogP contribution is -1.99. The van der Waals surface area contributed by atoms with Crippen molar-refractivity contribution in [3.63, 3.8) is 0 Å². The summed E-state index contributed by atoms with van der Waals surface area (Å²) >= 11 is 1.99. The van der Waals surface area contributed by atoms with Crippen molar-refractivity contribution in [2.24, 2.45) is 3.21 Å². The average Bonchev–Trinajstić information content (AvgIpc) is 2.47. The van der Waals surface area contributed by atoms with Crippen molar-refractivity contribution >= 4 is 28.6 Å². The first-order chi connectivity index (χ1) is 5.42. The Kier molecular flexibility index (Phi) is 1.81. The second-order valence-corrected chi connectivity index (χ2v) is 2.80. The largest absolute Gasteiger partial charge is 0.487 e. The highest BCUT2D eigenvalue weighted by Crippen LogP contribution is 2.25. The van der Waals surface area contributed by atoms with Crippen molar-refractivity contribution in [1.29, 1.82) is 0 Å². The number of rotatable bonds is 0. The van der Waals surface area contributed by atoms with Crippen molar-refractivity contribution in [3.05, 3.63) is 29.8 Å². The predicted octanol–water partition coefficient (Wildman–Crippen LogP) is 2.22. The smallest absolute Gasteiger partial charge is 0.131 e. The van der Waals surface area contributed by atoms with Crippen molar-refractivity contribution in [2.45, 2.75) is 0 Å². The van der Waals surface area contributed by atoms with Crippen LogP contribution in [0.25, 0.3) is 0 Å². The van der Waals surface area contributed by atoms with E-state index in [1.54, 1.807) is 0 Å². The normalized spacial score (nSPS) is 18.1. The molecule has 2 rings (SSSR count). The monoisotopic (exact) mass is 259 g/mol. The molecule has 0 saturated heterocycles. The molecule has 2 nitrogen and oxygen atoms in total. The van der Waals surface area contributed by atoms with Crippen molar-refractivity contribution in [3.8, 4) is 5.75 Å². The number of benzene rings is 1. The van der Waals surface area contributed by atoms with Crippen LogP contribution in [0, 0.1) is 0 Å². The number of hydrogen-bond donors (Lipinski definition) is 0. The molecule has 1 aromatic carbocycles. The zero-order chi connectivity index (χ0) is 7.68. The van der Waals surface area contributed by atoms with Crippen LogP contribution in [0.15, 0.2) is 27.5 Å². The molecule has 1 aliphatic rings. The molecule has 0 radical (unpaired) electrons. The lowest BCUT2D eigenvalue weighted by molar-refractivity contribution is 0.393. The Morgan fingerprint density at radius 2 is 2.18 bits per heavy atom. The Morgan fingerprint density at radius 1 is 1.36 bits per heavy atom. The predicted molar refractivity (Wildman–Crippen MR) is 52.5 cm³/mol. The first-order valence-electron chi connectivity index (χ1n) is 3.32. The fourth-order valence-electron chi connectivity index (χ4n) is 1.12. The molecule has 0 N–H and O–H groups in total. The Morgan fingerprint density at radius 3 is 3.00 bits per heavy atom. The molecule has 3 heteroatoms. The molecule has 11 heavy (non-hydrogen) atoms. The molecule has 0 spiro atoms. The van der Waals surface area contributed by atoms with Crippen LogP contribution in [0.1, 0.15) is 5.56 Å². The van der Waals surface area contributed by atoms with Gasteiger partial charge in [0.2, 0.25) is 0 Å². The summed E-state index contributed by atoms with van der Waals surface area (Å²) in [5.74, 6) is 0.947. The van der Waals surface area contributed by atoms with E-state index in [0.717, 1.165) is 17.0 Å². The van der Waals surface area contributed by atoms with Crippen LogP contribution in [0.5, 0.6) is 5.75 Å². The maximum Gasteiger partial charge on any atom is 0.131 e. The van der Waals surface area contributed by atoms with Gasteiger partial charge in [-0.2, -0.15) is 0 Å². The fraction of sp³-hybridized carbons (Fsp3) is 0.125. The molecule has 0 saturated carbocycles. The van der Waals surface area contributed by atoms with Gasteiger partial charge in [0.25, 0.3) is 0 Å². The molecule has 0 fully saturated rings. The molecule has 56 valence electrons. The van der Waals surface area contributed by atoms with Crippen LogP contribution >= 0.6 is 22.9 Å². The summed E-state index contributed by atoms with van der Waals surface area (Å²) in [6.07, 6.45) is 0. The highest BCUT2D eigenvalue weighted by atomic mass is 127. The van der Waals surface area contributed by atoms with Gasteiger partial charge in [0, 0.05) is 5.56 Å². The lowest BCUT2D eigenvalue weighted by Gasteiger charge is -1.93. The second-order valence-electron chi connectivity index (χ2n) is 2.32. The zero-order valence-electron chi connectivity index (χ0n) is 5.75. The molecule has 0 unspecified atom stereocenters. The van der Waals surface area contributed by atoms with E-state index < -0.39 is 0 Å². The van der Waals surface area contributed by atoms with Crippen LogP contribution in [-0.2, 0) is 0 Å². The Labute approximate surface area is 78.8 Å². The van der Waals surface area contributed by atoms with Crippen molar-refractivity contribution in [2.75, 3.05) is 6.61 Å². The van der Waals surface area contributed by atoms with Crippen LogP contribution in [-0.4, -0.2) is 12.3 Å². The maximum atomic E-state index is 5.37. The van der Waals surface area contributed by atoms with Crippen LogP contribution < -0.4 is 4.74 Å². The van der Waals surface area contributed by atoms with Gasteiger partial charge >= 0.3 is 0 Å². The third-order valence-electron chi connectivity index (χ3n) is 1.66. The molecule has 0 aromatic heterocycles. The molecule has 0 bridgehead atoms. The highest BCUT2D eigenvalue weighted by molar-refractivity contribution is 14.1. The number of nitrogens with zero attached hydrogens (tertiary/aromatic N) is 1. The van der Waals surface area contributed by atoms with E-state index in [1.807, 2.05) is 47.1 Å².